The van der Waals surface area contributed by atoms with Crippen LogP contribution in [-0.4, -0.2) is 34.9 Å². The second-order valence-electron chi connectivity index (χ2n) is 6.37. The predicted octanol–water partition coefficient (Wildman–Crippen LogP) is 3.43. The highest BCUT2D eigenvalue weighted by atomic mass is 35.5. The molecule has 3 unspecified atom stereocenters. The van der Waals surface area contributed by atoms with Crippen molar-refractivity contribution in [1.29, 1.82) is 0 Å². The van der Waals surface area contributed by atoms with Crippen molar-refractivity contribution in [2.24, 2.45) is 5.92 Å². The van der Waals surface area contributed by atoms with Crippen LogP contribution in [0.25, 0.3) is 0 Å². The molecule has 0 radical (unpaired) electrons. The lowest BCUT2D eigenvalue weighted by Gasteiger charge is -2.24. The Morgan fingerprint density at radius 3 is 2.78 bits per heavy atom. The molecule has 132 valence electrons. The van der Waals surface area contributed by atoms with Crippen molar-refractivity contribution in [2.45, 2.75) is 64.1 Å². The van der Waals surface area contributed by atoms with Gasteiger partial charge in [0.25, 0.3) is 0 Å². The molecule has 0 aromatic carbocycles. The average Bonchev–Trinajstić information content (AvgIpc) is 3.12. The van der Waals surface area contributed by atoms with Gasteiger partial charge in [-0.1, -0.05) is 19.8 Å². The van der Waals surface area contributed by atoms with Gasteiger partial charge in [-0.05, 0) is 31.6 Å². The first kappa shape index (κ1) is 20.7. The van der Waals surface area contributed by atoms with E-state index in [1.54, 1.807) is 11.3 Å². The van der Waals surface area contributed by atoms with E-state index in [1.807, 2.05) is 18.1 Å². The van der Waals surface area contributed by atoms with E-state index in [2.05, 4.69) is 17.2 Å². The van der Waals surface area contributed by atoms with Crippen molar-refractivity contribution in [2.75, 3.05) is 7.05 Å². The fraction of sp³-hybridized carbons (Fsp3) is 0.750. The first-order chi connectivity index (χ1) is 10.2. The molecule has 3 atom stereocenters. The lowest BCUT2D eigenvalue weighted by molar-refractivity contribution is -0.132. The summed E-state index contributed by atoms with van der Waals surface area (Å²) in [6.45, 7) is 2.80. The maximum Gasteiger partial charge on any atom is 0.239 e. The highest BCUT2D eigenvalue weighted by Crippen LogP contribution is 2.33. The molecule has 1 saturated carbocycles. The van der Waals surface area contributed by atoms with Crippen LogP contribution in [0.15, 0.2) is 6.20 Å². The number of nitrogens with zero attached hydrogens (tertiary/aromatic N) is 2. The molecule has 7 heteroatoms. The molecule has 2 fully saturated rings. The monoisotopic (exact) mass is 379 g/mol. The smallest absolute Gasteiger partial charge is 0.239 e. The molecule has 1 saturated heterocycles. The molecular formula is C16H27Cl2N3OS. The van der Waals surface area contributed by atoms with E-state index in [0.29, 0.717) is 12.6 Å². The van der Waals surface area contributed by atoms with Gasteiger partial charge in [0.1, 0.15) is 0 Å². The maximum atomic E-state index is 12.6. The molecule has 1 aromatic heterocycles. The summed E-state index contributed by atoms with van der Waals surface area (Å²) in [4.78, 5) is 20.0. The van der Waals surface area contributed by atoms with Crippen LogP contribution < -0.4 is 5.32 Å². The van der Waals surface area contributed by atoms with E-state index >= 15 is 0 Å². The molecule has 4 nitrogen and oxygen atoms in total. The molecule has 2 aliphatic rings. The van der Waals surface area contributed by atoms with Crippen LogP contribution in [0.5, 0.6) is 0 Å². The van der Waals surface area contributed by atoms with Gasteiger partial charge < -0.3 is 10.2 Å². The largest absolute Gasteiger partial charge is 0.339 e. The SMILES string of the molecule is CCc1ncc(CN(C)C(=O)C2CC3CCCCC3N2)s1.Cl.Cl. The Balaban J connectivity index is 0.00000132. The standard InChI is InChI=1S/C16H25N3OS.2ClH/c1-3-15-17-9-12(21-15)10-19(2)16(20)14-8-11-6-4-5-7-13(11)18-14;;/h9,11,13-14,18H,3-8,10H2,1-2H3;2*1H. The molecule has 1 aliphatic carbocycles. The van der Waals surface area contributed by atoms with Gasteiger partial charge in [-0.15, -0.1) is 36.2 Å². The number of aromatic nitrogens is 1. The second kappa shape index (κ2) is 9.21. The van der Waals surface area contributed by atoms with E-state index in [-0.39, 0.29) is 36.8 Å². The van der Waals surface area contributed by atoms with Gasteiger partial charge in [0, 0.05) is 24.2 Å². The topological polar surface area (TPSA) is 45.2 Å². The summed E-state index contributed by atoms with van der Waals surface area (Å²) in [5, 5.41) is 4.72. The van der Waals surface area contributed by atoms with Gasteiger partial charge in [-0.2, -0.15) is 0 Å². The third-order valence-corrected chi connectivity index (χ3v) is 5.96. The van der Waals surface area contributed by atoms with Crippen molar-refractivity contribution in [3.8, 4) is 0 Å². The number of nitrogens with one attached hydrogen (secondary N) is 1. The van der Waals surface area contributed by atoms with Crippen molar-refractivity contribution >= 4 is 42.1 Å². The zero-order chi connectivity index (χ0) is 14.8. The van der Waals surface area contributed by atoms with Crippen molar-refractivity contribution in [3.63, 3.8) is 0 Å². The van der Waals surface area contributed by atoms with E-state index in [4.69, 9.17) is 0 Å². The van der Waals surface area contributed by atoms with Crippen LogP contribution in [0.1, 0.15) is 48.9 Å². The number of rotatable bonds is 4. The number of halogens is 2. The Kier molecular flexibility index (Phi) is 8.28. The number of hydrogen-bond donors (Lipinski definition) is 1. The van der Waals surface area contributed by atoms with Crippen molar-refractivity contribution in [3.05, 3.63) is 16.1 Å². The first-order valence-corrected chi connectivity index (χ1v) is 8.93. The van der Waals surface area contributed by atoms with Crippen LogP contribution in [0, 0.1) is 5.92 Å². The molecule has 1 aromatic rings. The highest BCUT2D eigenvalue weighted by Gasteiger charge is 2.39. The minimum atomic E-state index is 0. The van der Waals surface area contributed by atoms with Crippen LogP contribution in [0.2, 0.25) is 0 Å². The molecule has 3 rings (SSSR count). The van der Waals surface area contributed by atoms with Gasteiger partial charge in [-0.25, -0.2) is 4.98 Å². The van der Waals surface area contributed by atoms with E-state index in [9.17, 15) is 4.79 Å². The van der Waals surface area contributed by atoms with E-state index in [1.165, 1.54) is 30.6 Å². The quantitative estimate of drug-likeness (QED) is 0.871. The van der Waals surface area contributed by atoms with E-state index < -0.39 is 0 Å². The second-order valence-corrected chi connectivity index (χ2v) is 7.57. The number of thiazole rings is 1. The lowest BCUT2D eigenvalue weighted by atomic mass is 9.85. The molecule has 0 spiro atoms. The Labute approximate surface area is 155 Å². The summed E-state index contributed by atoms with van der Waals surface area (Å²) in [6, 6.07) is 0.609. The van der Waals surface area contributed by atoms with Gasteiger partial charge in [0.2, 0.25) is 5.91 Å². The summed E-state index contributed by atoms with van der Waals surface area (Å²) in [5.41, 5.74) is 0. The van der Waals surface area contributed by atoms with Crippen LogP contribution >= 0.6 is 36.2 Å². The molecule has 0 bridgehead atoms. The number of amides is 1. The Morgan fingerprint density at radius 1 is 1.39 bits per heavy atom. The minimum absolute atomic E-state index is 0. The maximum absolute atomic E-state index is 12.6. The fourth-order valence-electron chi connectivity index (χ4n) is 3.67. The lowest BCUT2D eigenvalue weighted by Crippen LogP contribution is -2.43. The zero-order valence-corrected chi connectivity index (χ0v) is 16.2. The number of carbonyl (C=O) groups is 1. The van der Waals surface area contributed by atoms with Crippen LogP contribution in [0.4, 0.5) is 0 Å². The Hall–Kier alpha value is -0.360. The Bertz CT molecular complexity index is 497. The Morgan fingerprint density at radius 2 is 2.13 bits per heavy atom. The van der Waals surface area contributed by atoms with Crippen molar-refractivity contribution in [1.82, 2.24) is 15.2 Å². The van der Waals surface area contributed by atoms with Crippen LogP contribution in [0.3, 0.4) is 0 Å². The predicted molar refractivity (Wildman–Crippen MR) is 99.7 cm³/mol. The normalized spacial score (nSPS) is 25.9. The number of fused-ring (bicyclic) bond motifs is 1. The summed E-state index contributed by atoms with van der Waals surface area (Å²) in [6.07, 6.45) is 9.08. The molecule has 1 N–H and O–H groups in total. The third-order valence-electron chi connectivity index (χ3n) is 4.83. The molecule has 1 amide bonds. The number of likely N-dealkylation sites (N-methyl/N-ethyl adjacent to an activating group) is 1. The minimum Gasteiger partial charge on any atom is -0.339 e. The van der Waals surface area contributed by atoms with Gasteiger partial charge in [-0.3, -0.25) is 4.79 Å². The molecular weight excluding hydrogens is 353 g/mol. The average molecular weight is 380 g/mol. The van der Waals surface area contributed by atoms with Gasteiger partial charge in [0.05, 0.1) is 17.6 Å². The van der Waals surface area contributed by atoms with Gasteiger partial charge in [0.15, 0.2) is 0 Å². The summed E-state index contributed by atoms with van der Waals surface area (Å²) < 4.78 is 0. The molecule has 1 aliphatic heterocycles. The molecule has 2 heterocycles. The van der Waals surface area contributed by atoms with Gasteiger partial charge >= 0.3 is 0 Å². The van der Waals surface area contributed by atoms with Crippen molar-refractivity contribution < 1.29 is 4.79 Å². The number of carbonyl (C=O) groups excluding carboxylic acids is 1. The third kappa shape index (κ3) is 4.81. The zero-order valence-electron chi connectivity index (χ0n) is 13.8. The summed E-state index contributed by atoms with van der Waals surface area (Å²) in [5.74, 6) is 0.965. The van der Waals surface area contributed by atoms with E-state index in [0.717, 1.165) is 23.8 Å². The highest BCUT2D eigenvalue weighted by molar-refractivity contribution is 7.11. The number of hydrogen-bond acceptors (Lipinski definition) is 4. The summed E-state index contributed by atoms with van der Waals surface area (Å²) in [7, 11) is 1.91. The fourth-order valence-corrected chi connectivity index (χ4v) is 4.59. The van der Waals surface area contributed by atoms with Crippen LogP contribution in [-0.2, 0) is 17.8 Å². The number of aryl methyl sites for hydroxylation is 1. The summed E-state index contributed by atoms with van der Waals surface area (Å²) >= 11 is 1.72. The first-order valence-electron chi connectivity index (χ1n) is 8.12. The molecule has 23 heavy (non-hydrogen) atoms.